The van der Waals surface area contributed by atoms with Gasteiger partial charge in [-0.25, -0.2) is 9.07 Å². The number of nitrogens with zero attached hydrogens (tertiary/aromatic N) is 4. The molecule has 1 N–H and O–H groups in total. The van der Waals surface area contributed by atoms with Crippen LogP contribution in [0.3, 0.4) is 0 Å². The van der Waals surface area contributed by atoms with E-state index in [2.05, 4.69) is 29.7 Å². The number of hydrogen-bond acceptors (Lipinski definition) is 6. The number of aliphatic hydroxyl groups is 1. The van der Waals surface area contributed by atoms with Crippen LogP contribution in [0.15, 0.2) is 48.5 Å². The number of aromatic nitrogens is 2. The topological polar surface area (TPSA) is 70.8 Å². The molecule has 0 spiro atoms. The Kier molecular flexibility index (Phi) is 11.0. The van der Waals surface area contributed by atoms with E-state index in [4.69, 9.17) is 33.0 Å². The molecule has 216 valence electrons. The van der Waals surface area contributed by atoms with Crippen LogP contribution in [0.4, 0.5) is 4.39 Å². The minimum atomic E-state index is -0.651. The first kappa shape index (κ1) is 30.5. The second-order valence-electron chi connectivity index (χ2n) is 10.8. The van der Waals surface area contributed by atoms with Crippen LogP contribution in [0, 0.1) is 11.7 Å². The van der Waals surface area contributed by atoms with E-state index in [1.165, 1.54) is 12.1 Å². The molecule has 2 heterocycles. The minimum absolute atomic E-state index is 0.142. The van der Waals surface area contributed by atoms with Gasteiger partial charge in [-0.1, -0.05) is 37.0 Å². The summed E-state index contributed by atoms with van der Waals surface area (Å²) in [6.07, 6.45) is 1.20. The third-order valence-electron chi connectivity index (χ3n) is 6.79. The molecule has 0 aliphatic carbocycles. The lowest BCUT2D eigenvalue weighted by atomic mass is 10.1. The Balaban J connectivity index is 1.21. The molecule has 0 bridgehead atoms. The van der Waals surface area contributed by atoms with Crippen molar-refractivity contribution in [3.05, 3.63) is 75.8 Å². The molecule has 0 amide bonds. The van der Waals surface area contributed by atoms with Crippen molar-refractivity contribution in [1.82, 2.24) is 19.6 Å². The summed E-state index contributed by atoms with van der Waals surface area (Å²) in [6, 6.07) is 13.2. The number of ether oxygens (including phenoxy) is 1. The van der Waals surface area contributed by atoms with Crippen molar-refractivity contribution in [2.75, 3.05) is 45.9 Å². The SMILES string of the molecule is CC(C)Cc1cc(CCC(=O)CN2CCN(C[C@H](O)COc3ccc(F)cc3)CC2)nn1-c1cc(Cl)cc(Cl)c1. The number of carbonyl (C=O) groups excluding carboxylic acids is 1. The maximum absolute atomic E-state index is 13.0. The molecule has 2 aromatic carbocycles. The molecule has 1 aliphatic heterocycles. The zero-order valence-corrected chi connectivity index (χ0v) is 24.5. The monoisotopic (exact) mass is 590 g/mol. The summed E-state index contributed by atoms with van der Waals surface area (Å²) in [5.41, 5.74) is 2.76. The van der Waals surface area contributed by atoms with Crippen molar-refractivity contribution in [3.63, 3.8) is 0 Å². The maximum Gasteiger partial charge on any atom is 0.147 e. The number of aliphatic hydroxyl groups excluding tert-OH is 1. The van der Waals surface area contributed by atoms with E-state index in [0.717, 1.165) is 49.7 Å². The molecule has 1 saturated heterocycles. The fourth-order valence-corrected chi connectivity index (χ4v) is 5.36. The Morgan fingerprint density at radius 1 is 1.02 bits per heavy atom. The van der Waals surface area contributed by atoms with Gasteiger partial charge in [0, 0.05) is 54.9 Å². The molecule has 40 heavy (non-hydrogen) atoms. The van der Waals surface area contributed by atoms with Gasteiger partial charge in [-0.2, -0.15) is 5.10 Å². The molecule has 0 saturated carbocycles. The van der Waals surface area contributed by atoms with Gasteiger partial charge in [-0.3, -0.25) is 14.6 Å². The Morgan fingerprint density at radius 3 is 2.33 bits per heavy atom. The highest BCUT2D eigenvalue weighted by molar-refractivity contribution is 6.34. The Hall–Kier alpha value is -2.49. The first-order valence-corrected chi connectivity index (χ1v) is 14.5. The molecular formula is C30H37Cl2FN4O3. The quantitative estimate of drug-likeness (QED) is 0.299. The Labute approximate surface area is 245 Å². The molecule has 3 aromatic rings. The van der Waals surface area contributed by atoms with Gasteiger partial charge in [-0.15, -0.1) is 0 Å². The molecule has 10 heteroatoms. The normalized spacial score (nSPS) is 15.5. The molecule has 1 atom stereocenters. The maximum atomic E-state index is 13.0. The summed E-state index contributed by atoms with van der Waals surface area (Å²) in [5.74, 6) is 0.838. The highest BCUT2D eigenvalue weighted by Gasteiger charge is 2.21. The molecule has 0 radical (unpaired) electrons. The van der Waals surface area contributed by atoms with E-state index in [0.29, 0.717) is 47.6 Å². The first-order chi connectivity index (χ1) is 19.1. The summed E-state index contributed by atoms with van der Waals surface area (Å²) in [7, 11) is 0. The molecular weight excluding hydrogens is 554 g/mol. The summed E-state index contributed by atoms with van der Waals surface area (Å²) in [6.45, 7) is 8.43. The predicted octanol–water partition coefficient (Wildman–Crippen LogP) is 5.08. The van der Waals surface area contributed by atoms with Crippen molar-refractivity contribution in [2.45, 2.75) is 39.2 Å². The highest BCUT2D eigenvalue weighted by Crippen LogP contribution is 2.24. The smallest absolute Gasteiger partial charge is 0.147 e. The van der Waals surface area contributed by atoms with Crippen molar-refractivity contribution < 1.29 is 19.0 Å². The second-order valence-corrected chi connectivity index (χ2v) is 11.7. The highest BCUT2D eigenvalue weighted by atomic mass is 35.5. The number of hydrogen-bond donors (Lipinski definition) is 1. The number of halogens is 3. The Bertz CT molecular complexity index is 1240. The van der Waals surface area contributed by atoms with Crippen molar-refractivity contribution in [3.8, 4) is 11.4 Å². The number of carbonyl (C=O) groups is 1. The molecule has 7 nitrogen and oxygen atoms in total. The number of β-amino-alcohol motifs (C(OH)–C–C–N with tert-alkyl or cyclic N) is 1. The average molecular weight is 592 g/mol. The molecule has 0 unspecified atom stereocenters. The lowest BCUT2D eigenvalue weighted by molar-refractivity contribution is -0.120. The zero-order chi connectivity index (χ0) is 28.6. The van der Waals surface area contributed by atoms with Gasteiger partial charge < -0.3 is 9.84 Å². The van der Waals surface area contributed by atoms with Gasteiger partial charge in [0.2, 0.25) is 0 Å². The average Bonchev–Trinajstić information content (AvgIpc) is 3.30. The predicted molar refractivity (Wildman–Crippen MR) is 156 cm³/mol. The van der Waals surface area contributed by atoms with E-state index in [1.54, 1.807) is 18.2 Å². The van der Waals surface area contributed by atoms with Crippen LogP contribution in [0.2, 0.25) is 10.0 Å². The second kappa shape index (κ2) is 14.4. The fraction of sp³-hybridized carbons (Fsp3) is 0.467. The first-order valence-electron chi connectivity index (χ1n) is 13.7. The molecule has 1 aromatic heterocycles. The number of Topliss-reactive ketones (excluding diaryl/α,β-unsaturated/α-hetero) is 1. The number of benzene rings is 2. The summed E-state index contributed by atoms with van der Waals surface area (Å²) in [5, 5.41) is 16.2. The van der Waals surface area contributed by atoms with E-state index in [9.17, 15) is 14.3 Å². The zero-order valence-electron chi connectivity index (χ0n) is 23.0. The third kappa shape index (κ3) is 9.28. The van der Waals surface area contributed by atoms with Gasteiger partial charge in [0.25, 0.3) is 0 Å². The number of aryl methyl sites for hydroxylation is 1. The minimum Gasteiger partial charge on any atom is -0.491 e. The van der Waals surface area contributed by atoms with Crippen LogP contribution in [0.1, 0.15) is 31.7 Å². The van der Waals surface area contributed by atoms with Gasteiger partial charge >= 0.3 is 0 Å². The number of ketones is 1. The van der Waals surface area contributed by atoms with Crippen LogP contribution in [0.5, 0.6) is 5.75 Å². The van der Waals surface area contributed by atoms with Crippen LogP contribution < -0.4 is 4.74 Å². The van der Waals surface area contributed by atoms with Crippen LogP contribution in [0.25, 0.3) is 5.69 Å². The van der Waals surface area contributed by atoms with E-state index < -0.39 is 6.10 Å². The van der Waals surface area contributed by atoms with Crippen molar-refractivity contribution in [1.29, 1.82) is 0 Å². The third-order valence-corrected chi connectivity index (χ3v) is 7.23. The van der Waals surface area contributed by atoms with Crippen molar-refractivity contribution >= 4 is 29.0 Å². The van der Waals surface area contributed by atoms with E-state index in [1.807, 2.05) is 16.8 Å². The largest absolute Gasteiger partial charge is 0.491 e. The fourth-order valence-electron chi connectivity index (χ4n) is 4.85. The van der Waals surface area contributed by atoms with Gasteiger partial charge in [0.05, 0.1) is 17.9 Å². The molecule has 4 rings (SSSR count). The Morgan fingerprint density at radius 2 is 1.68 bits per heavy atom. The number of piperazine rings is 1. The van der Waals surface area contributed by atoms with Gasteiger partial charge in [-0.05, 0) is 67.3 Å². The number of rotatable bonds is 13. The van der Waals surface area contributed by atoms with Crippen LogP contribution in [-0.4, -0.2) is 82.4 Å². The summed E-state index contributed by atoms with van der Waals surface area (Å²) < 4.78 is 20.4. The van der Waals surface area contributed by atoms with E-state index in [-0.39, 0.29) is 18.2 Å². The van der Waals surface area contributed by atoms with Crippen LogP contribution >= 0.6 is 23.2 Å². The van der Waals surface area contributed by atoms with Crippen molar-refractivity contribution in [2.24, 2.45) is 5.92 Å². The van der Waals surface area contributed by atoms with Gasteiger partial charge in [0.15, 0.2) is 0 Å². The lowest BCUT2D eigenvalue weighted by Crippen LogP contribution is -2.50. The van der Waals surface area contributed by atoms with Gasteiger partial charge in [0.1, 0.15) is 30.1 Å². The summed E-state index contributed by atoms with van der Waals surface area (Å²) >= 11 is 12.5. The standard InChI is InChI=1S/C30H37Cl2FN4O3/c1-21(2)13-26-17-25(34-37(26)27-15-22(31)14-23(32)16-27)5-6-28(38)18-35-9-11-36(12-10-35)19-29(39)20-40-30-7-3-24(33)4-8-30/h3-4,7-8,14-17,21,29,39H,5-6,9-13,18-20H2,1-2H3/t29-/m0/s1. The molecule has 1 fully saturated rings. The molecule has 1 aliphatic rings. The van der Waals surface area contributed by atoms with E-state index >= 15 is 0 Å². The summed E-state index contributed by atoms with van der Waals surface area (Å²) in [4.78, 5) is 17.1. The lowest BCUT2D eigenvalue weighted by Gasteiger charge is -2.35. The van der Waals surface area contributed by atoms with Crippen LogP contribution in [-0.2, 0) is 17.6 Å².